The lowest BCUT2D eigenvalue weighted by Crippen LogP contribution is -2.36. The van der Waals surface area contributed by atoms with E-state index < -0.39 is 6.10 Å². The number of hydrogen-bond donors (Lipinski definition) is 2. The van der Waals surface area contributed by atoms with Crippen LogP contribution in [0.3, 0.4) is 0 Å². The van der Waals surface area contributed by atoms with E-state index in [4.69, 9.17) is 17.0 Å². The van der Waals surface area contributed by atoms with Gasteiger partial charge < -0.3 is 10.1 Å². The van der Waals surface area contributed by atoms with Crippen molar-refractivity contribution in [2.45, 2.75) is 6.10 Å². The first-order valence-corrected chi connectivity index (χ1v) is 3.74. The lowest BCUT2D eigenvalue weighted by Gasteiger charge is -2.06. The number of likely N-dealkylation sites (N-methyl/N-ethyl adjacent to an activating group) is 1. The number of rotatable bonds is 2. The highest BCUT2D eigenvalue weighted by atomic mass is 32.1. The van der Waals surface area contributed by atoms with E-state index in [1.165, 1.54) is 0 Å². The molecule has 0 saturated carbocycles. The highest BCUT2D eigenvalue weighted by Gasteiger charge is 2.25. The second-order valence-electron chi connectivity index (χ2n) is 2.20. The van der Waals surface area contributed by atoms with E-state index in [2.05, 4.69) is 10.6 Å². The van der Waals surface area contributed by atoms with E-state index in [0.29, 0.717) is 13.3 Å². The fourth-order valence-corrected chi connectivity index (χ4v) is 0.978. The Morgan fingerprint density at radius 2 is 2.55 bits per heavy atom. The van der Waals surface area contributed by atoms with Gasteiger partial charge in [0.25, 0.3) is 0 Å². The molecule has 0 radical (unpaired) electrons. The number of ether oxygens (including phenoxy) is 1. The van der Waals surface area contributed by atoms with E-state index in [-0.39, 0.29) is 10.8 Å². The first kappa shape index (κ1) is 8.58. The Morgan fingerprint density at radius 1 is 1.82 bits per heavy atom. The van der Waals surface area contributed by atoms with Crippen molar-refractivity contribution in [3.05, 3.63) is 0 Å². The maximum Gasteiger partial charge on any atom is 0.219 e. The van der Waals surface area contributed by atoms with Gasteiger partial charge in [-0.1, -0.05) is 12.2 Å². The van der Waals surface area contributed by atoms with Crippen LogP contribution in [0.2, 0.25) is 0 Å². The minimum atomic E-state index is -0.394. The van der Waals surface area contributed by atoms with Crippen LogP contribution in [0.4, 0.5) is 0 Å². The summed E-state index contributed by atoms with van der Waals surface area (Å²) in [5.74, 6) is -0.146. The topological polar surface area (TPSA) is 50.4 Å². The zero-order chi connectivity index (χ0) is 8.27. The van der Waals surface area contributed by atoms with Gasteiger partial charge in [-0.2, -0.15) is 0 Å². The molecular weight excluding hydrogens is 164 g/mol. The highest BCUT2D eigenvalue weighted by molar-refractivity contribution is 7.82. The first-order valence-electron chi connectivity index (χ1n) is 3.34. The van der Waals surface area contributed by atoms with Crippen molar-refractivity contribution in [2.24, 2.45) is 0 Å². The Hall–Kier alpha value is -0.520. The van der Waals surface area contributed by atoms with Crippen LogP contribution in [0, 0.1) is 0 Å². The average molecular weight is 174 g/mol. The lowest BCUT2D eigenvalue weighted by molar-refractivity contribution is -0.120. The molecule has 0 aliphatic carbocycles. The number of hydrogen-bond acceptors (Lipinski definition) is 4. The van der Waals surface area contributed by atoms with E-state index in [1.54, 1.807) is 7.05 Å². The Morgan fingerprint density at radius 3 is 3.00 bits per heavy atom. The van der Waals surface area contributed by atoms with Crippen molar-refractivity contribution in [2.75, 3.05) is 20.3 Å². The SMILES string of the molecule is CNC(=S)C(=O)C1CNCO1. The minimum absolute atomic E-state index is 0.146. The fourth-order valence-electron chi connectivity index (χ4n) is 0.846. The van der Waals surface area contributed by atoms with Crippen molar-refractivity contribution in [3.63, 3.8) is 0 Å². The third-order valence-electron chi connectivity index (χ3n) is 1.46. The fraction of sp³-hybridized carbons (Fsp3) is 0.667. The predicted molar refractivity (Wildman–Crippen MR) is 44.4 cm³/mol. The van der Waals surface area contributed by atoms with Crippen LogP contribution in [0.5, 0.6) is 0 Å². The maximum atomic E-state index is 11.2. The minimum Gasteiger partial charge on any atom is -0.376 e. The summed E-state index contributed by atoms with van der Waals surface area (Å²) in [4.78, 5) is 11.4. The molecule has 1 atom stereocenters. The molecule has 1 unspecified atom stereocenters. The van der Waals surface area contributed by atoms with Gasteiger partial charge in [0.1, 0.15) is 11.1 Å². The third kappa shape index (κ3) is 1.95. The first-order chi connectivity index (χ1) is 5.25. The third-order valence-corrected chi connectivity index (χ3v) is 1.86. The van der Waals surface area contributed by atoms with E-state index in [9.17, 15) is 4.79 Å². The van der Waals surface area contributed by atoms with Gasteiger partial charge >= 0.3 is 0 Å². The quantitative estimate of drug-likeness (QED) is 0.528. The molecule has 0 amide bonds. The lowest BCUT2D eigenvalue weighted by atomic mass is 10.2. The van der Waals surface area contributed by atoms with Gasteiger partial charge in [-0.15, -0.1) is 0 Å². The van der Waals surface area contributed by atoms with Crippen molar-refractivity contribution >= 4 is 23.0 Å². The molecule has 1 saturated heterocycles. The highest BCUT2D eigenvalue weighted by Crippen LogP contribution is 1.98. The maximum absolute atomic E-state index is 11.2. The molecule has 4 nitrogen and oxygen atoms in total. The molecule has 0 aromatic heterocycles. The molecule has 0 spiro atoms. The molecule has 62 valence electrons. The second kappa shape index (κ2) is 3.75. The Kier molecular flexibility index (Phi) is 2.92. The second-order valence-corrected chi connectivity index (χ2v) is 2.61. The molecule has 0 aromatic carbocycles. The summed E-state index contributed by atoms with van der Waals surface area (Å²) < 4.78 is 5.05. The number of nitrogens with one attached hydrogen (secondary N) is 2. The van der Waals surface area contributed by atoms with E-state index >= 15 is 0 Å². The van der Waals surface area contributed by atoms with Gasteiger partial charge in [-0.3, -0.25) is 10.1 Å². The van der Waals surface area contributed by atoms with Gasteiger partial charge in [0.15, 0.2) is 0 Å². The Balaban J connectivity index is 2.46. The van der Waals surface area contributed by atoms with Crippen molar-refractivity contribution in [1.29, 1.82) is 0 Å². The smallest absolute Gasteiger partial charge is 0.219 e. The van der Waals surface area contributed by atoms with Gasteiger partial charge in [-0.05, 0) is 0 Å². The Labute approximate surface area is 70.3 Å². The number of ketones is 1. The van der Waals surface area contributed by atoms with Crippen LogP contribution < -0.4 is 10.6 Å². The molecule has 2 N–H and O–H groups in total. The number of Topliss-reactive ketones (excluding diaryl/α,β-unsaturated/α-hetero) is 1. The summed E-state index contributed by atoms with van der Waals surface area (Å²) in [6.45, 7) is 0.989. The van der Waals surface area contributed by atoms with Gasteiger partial charge in [-0.25, -0.2) is 0 Å². The molecule has 1 fully saturated rings. The summed E-state index contributed by atoms with van der Waals surface area (Å²) in [7, 11) is 1.63. The summed E-state index contributed by atoms with van der Waals surface area (Å²) >= 11 is 4.75. The number of thiocarbonyl (C=S) groups is 1. The van der Waals surface area contributed by atoms with E-state index in [1.807, 2.05) is 0 Å². The average Bonchev–Trinajstić information content (AvgIpc) is 2.53. The molecule has 1 aliphatic heterocycles. The number of carbonyl (C=O) groups is 1. The molecular formula is C6H10N2O2S. The number of carbonyl (C=O) groups excluding carboxylic acids is 1. The van der Waals surface area contributed by atoms with Crippen LogP contribution in [0.1, 0.15) is 0 Å². The normalized spacial score (nSPS) is 23.2. The van der Waals surface area contributed by atoms with Crippen LogP contribution in [0.25, 0.3) is 0 Å². The molecule has 11 heavy (non-hydrogen) atoms. The van der Waals surface area contributed by atoms with Crippen LogP contribution >= 0.6 is 12.2 Å². The molecule has 1 heterocycles. The monoisotopic (exact) mass is 174 g/mol. The molecule has 1 aliphatic rings. The van der Waals surface area contributed by atoms with Gasteiger partial charge in [0.05, 0.1) is 6.73 Å². The van der Waals surface area contributed by atoms with Crippen molar-refractivity contribution < 1.29 is 9.53 Å². The van der Waals surface area contributed by atoms with Crippen LogP contribution in [-0.2, 0) is 9.53 Å². The summed E-state index contributed by atoms with van der Waals surface area (Å²) in [6, 6.07) is 0. The predicted octanol–water partition coefficient (Wildman–Crippen LogP) is -0.952. The standard InChI is InChI=1S/C6H10N2O2S/c1-7-6(11)5(9)4-2-8-3-10-4/h4,8H,2-3H2,1H3,(H,7,11). The largest absolute Gasteiger partial charge is 0.376 e. The van der Waals surface area contributed by atoms with Gasteiger partial charge in [0.2, 0.25) is 5.78 Å². The van der Waals surface area contributed by atoms with Crippen LogP contribution in [-0.4, -0.2) is 37.2 Å². The molecule has 0 bridgehead atoms. The van der Waals surface area contributed by atoms with Crippen LogP contribution in [0.15, 0.2) is 0 Å². The van der Waals surface area contributed by atoms with Crippen molar-refractivity contribution in [1.82, 2.24) is 10.6 Å². The van der Waals surface area contributed by atoms with Gasteiger partial charge in [0, 0.05) is 13.6 Å². The summed E-state index contributed by atoms with van der Waals surface area (Å²) in [5, 5.41) is 5.52. The van der Waals surface area contributed by atoms with E-state index in [0.717, 1.165) is 0 Å². The zero-order valence-electron chi connectivity index (χ0n) is 6.22. The Bertz CT molecular complexity index is 177. The molecule has 5 heteroatoms. The summed E-state index contributed by atoms with van der Waals surface area (Å²) in [5.41, 5.74) is 0. The van der Waals surface area contributed by atoms with Crippen molar-refractivity contribution in [3.8, 4) is 0 Å². The molecule has 0 aromatic rings. The zero-order valence-corrected chi connectivity index (χ0v) is 7.03. The summed E-state index contributed by atoms with van der Waals surface area (Å²) in [6.07, 6.45) is -0.394. The molecule has 1 rings (SSSR count).